The van der Waals surface area contributed by atoms with Crippen LogP contribution in [0.2, 0.25) is 0 Å². The summed E-state index contributed by atoms with van der Waals surface area (Å²) in [5.41, 5.74) is 4.63. The molecule has 2 aliphatic heterocycles. The van der Waals surface area contributed by atoms with E-state index in [4.69, 9.17) is 5.21 Å². The third-order valence-electron chi connectivity index (χ3n) is 5.51. The number of carbonyl (C=O) groups is 2. The van der Waals surface area contributed by atoms with Gasteiger partial charge in [0.25, 0.3) is 11.8 Å². The first-order chi connectivity index (χ1) is 12.7. The van der Waals surface area contributed by atoms with E-state index in [1.165, 1.54) is 0 Å². The molecule has 0 aliphatic carbocycles. The third-order valence-corrected chi connectivity index (χ3v) is 5.51. The molecule has 26 heavy (non-hydrogen) atoms. The fourth-order valence-corrected chi connectivity index (χ4v) is 4.17. The number of hydroxylamine groups is 1. The molecule has 1 fully saturated rings. The molecule has 0 bridgehead atoms. The first-order valence-electron chi connectivity index (χ1n) is 8.81. The SMILES string of the molecule is O=C(NO)c1ccc(CN2C(=O)c3ccccc3C23CCNCC3)cc1. The second-order valence-corrected chi connectivity index (χ2v) is 6.86. The van der Waals surface area contributed by atoms with E-state index in [0.717, 1.165) is 42.6 Å². The first-order valence-corrected chi connectivity index (χ1v) is 8.81. The lowest BCUT2D eigenvalue weighted by Gasteiger charge is -2.42. The number of piperidine rings is 1. The van der Waals surface area contributed by atoms with Gasteiger partial charge in [0.15, 0.2) is 0 Å². The van der Waals surface area contributed by atoms with Crippen LogP contribution < -0.4 is 10.8 Å². The van der Waals surface area contributed by atoms with Gasteiger partial charge in [0.05, 0.1) is 5.54 Å². The number of hydrogen-bond acceptors (Lipinski definition) is 4. The average Bonchev–Trinajstić information content (AvgIpc) is 2.92. The van der Waals surface area contributed by atoms with Gasteiger partial charge >= 0.3 is 0 Å². The molecule has 6 heteroatoms. The molecular weight excluding hydrogens is 330 g/mol. The lowest BCUT2D eigenvalue weighted by atomic mass is 9.81. The van der Waals surface area contributed by atoms with Crippen molar-refractivity contribution in [1.82, 2.24) is 15.7 Å². The van der Waals surface area contributed by atoms with Gasteiger partial charge in [-0.3, -0.25) is 14.8 Å². The highest BCUT2D eigenvalue weighted by atomic mass is 16.5. The van der Waals surface area contributed by atoms with Gasteiger partial charge in [-0.25, -0.2) is 5.48 Å². The Kier molecular flexibility index (Phi) is 4.22. The van der Waals surface area contributed by atoms with Crippen LogP contribution in [0.5, 0.6) is 0 Å². The highest BCUT2D eigenvalue weighted by Gasteiger charge is 2.49. The molecule has 1 saturated heterocycles. The summed E-state index contributed by atoms with van der Waals surface area (Å²) in [5.74, 6) is -0.476. The Morgan fingerprint density at radius 3 is 2.50 bits per heavy atom. The zero-order valence-corrected chi connectivity index (χ0v) is 14.4. The Balaban J connectivity index is 1.67. The lowest BCUT2D eigenvalue weighted by molar-refractivity contribution is 0.0412. The fourth-order valence-electron chi connectivity index (χ4n) is 4.17. The smallest absolute Gasteiger partial charge is 0.274 e. The normalized spacial score (nSPS) is 18.0. The zero-order valence-electron chi connectivity index (χ0n) is 14.4. The molecule has 0 saturated carbocycles. The number of carbonyl (C=O) groups excluding carboxylic acids is 2. The van der Waals surface area contributed by atoms with Gasteiger partial charge < -0.3 is 10.2 Å². The summed E-state index contributed by atoms with van der Waals surface area (Å²) in [6, 6.07) is 14.9. The molecule has 0 unspecified atom stereocenters. The number of hydrogen-bond donors (Lipinski definition) is 3. The van der Waals surface area contributed by atoms with Gasteiger partial charge in [-0.15, -0.1) is 0 Å². The molecule has 2 aromatic carbocycles. The maximum atomic E-state index is 13.1. The number of nitrogens with zero attached hydrogens (tertiary/aromatic N) is 1. The number of fused-ring (bicyclic) bond motifs is 2. The molecule has 0 atom stereocenters. The van der Waals surface area contributed by atoms with Crippen molar-refractivity contribution < 1.29 is 14.8 Å². The van der Waals surface area contributed by atoms with E-state index < -0.39 is 5.91 Å². The van der Waals surface area contributed by atoms with Gasteiger partial charge in [-0.1, -0.05) is 30.3 Å². The van der Waals surface area contributed by atoms with Crippen molar-refractivity contribution in [3.05, 3.63) is 70.8 Å². The number of amides is 2. The predicted octanol–water partition coefficient (Wildman–Crippen LogP) is 2.04. The summed E-state index contributed by atoms with van der Waals surface area (Å²) in [4.78, 5) is 26.6. The molecule has 6 nitrogen and oxygen atoms in total. The minimum atomic E-state index is -0.545. The molecule has 3 N–H and O–H groups in total. The maximum Gasteiger partial charge on any atom is 0.274 e. The molecule has 0 radical (unpaired) electrons. The first kappa shape index (κ1) is 16.8. The summed E-state index contributed by atoms with van der Waals surface area (Å²) in [6.45, 7) is 2.26. The number of nitrogens with one attached hydrogen (secondary N) is 2. The Morgan fingerprint density at radius 2 is 1.81 bits per heavy atom. The van der Waals surface area contributed by atoms with Gasteiger partial charge in [0, 0.05) is 17.7 Å². The Morgan fingerprint density at radius 1 is 1.12 bits per heavy atom. The van der Waals surface area contributed by atoms with E-state index in [1.54, 1.807) is 17.6 Å². The second kappa shape index (κ2) is 6.55. The highest BCUT2D eigenvalue weighted by molar-refractivity contribution is 6.00. The van der Waals surface area contributed by atoms with E-state index in [-0.39, 0.29) is 11.4 Å². The Bertz CT molecular complexity index is 842. The Labute approximate surface area is 151 Å². The quantitative estimate of drug-likeness (QED) is 0.584. The van der Waals surface area contributed by atoms with Crippen molar-refractivity contribution in [3.63, 3.8) is 0 Å². The van der Waals surface area contributed by atoms with Crippen LogP contribution in [0.15, 0.2) is 48.5 Å². The summed E-state index contributed by atoms with van der Waals surface area (Å²) in [5, 5.41) is 12.1. The monoisotopic (exact) mass is 351 g/mol. The molecule has 2 aliphatic rings. The Hall–Kier alpha value is -2.70. The minimum absolute atomic E-state index is 0.0691. The molecular formula is C20H21N3O3. The van der Waals surface area contributed by atoms with E-state index in [0.29, 0.717) is 12.1 Å². The standard InChI is InChI=1S/C20H21N3O3/c24-18(22-26)15-7-5-14(6-8-15)13-23-19(25)16-3-1-2-4-17(16)20(23)9-11-21-12-10-20/h1-8,21,26H,9-13H2,(H,22,24). The van der Waals surface area contributed by atoms with E-state index in [9.17, 15) is 9.59 Å². The van der Waals surface area contributed by atoms with Crippen molar-refractivity contribution in [2.45, 2.75) is 24.9 Å². The summed E-state index contributed by atoms with van der Waals surface area (Å²) >= 11 is 0. The van der Waals surface area contributed by atoms with Crippen LogP contribution in [0.4, 0.5) is 0 Å². The zero-order chi connectivity index (χ0) is 18.1. The van der Waals surface area contributed by atoms with Crippen LogP contribution >= 0.6 is 0 Å². The van der Waals surface area contributed by atoms with Gasteiger partial charge in [0.1, 0.15) is 0 Å². The van der Waals surface area contributed by atoms with Crippen LogP contribution in [0.25, 0.3) is 0 Å². The molecule has 134 valence electrons. The van der Waals surface area contributed by atoms with Crippen molar-refractivity contribution in [1.29, 1.82) is 0 Å². The third kappa shape index (κ3) is 2.58. The van der Waals surface area contributed by atoms with Gasteiger partial charge in [0.2, 0.25) is 0 Å². The number of rotatable bonds is 3. The van der Waals surface area contributed by atoms with Gasteiger partial charge in [-0.05, 0) is 55.3 Å². The molecule has 2 heterocycles. The predicted molar refractivity (Wildman–Crippen MR) is 95.8 cm³/mol. The minimum Gasteiger partial charge on any atom is -0.324 e. The molecule has 4 rings (SSSR count). The van der Waals surface area contributed by atoms with Crippen molar-refractivity contribution >= 4 is 11.8 Å². The molecule has 1 spiro atoms. The van der Waals surface area contributed by atoms with E-state index in [2.05, 4.69) is 11.4 Å². The van der Waals surface area contributed by atoms with Crippen LogP contribution in [-0.4, -0.2) is 35.0 Å². The lowest BCUT2D eigenvalue weighted by Crippen LogP contribution is -2.49. The highest BCUT2D eigenvalue weighted by Crippen LogP contribution is 2.45. The fraction of sp³-hybridized carbons (Fsp3) is 0.300. The topological polar surface area (TPSA) is 81.7 Å². The van der Waals surface area contributed by atoms with Crippen LogP contribution in [-0.2, 0) is 12.1 Å². The molecule has 2 amide bonds. The van der Waals surface area contributed by atoms with Crippen LogP contribution in [0, 0.1) is 0 Å². The van der Waals surface area contributed by atoms with E-state index in [1.807, 2.05) is 35.2 Å². The van der Waals surface area contributed by atoms with Gasteiger partial charge in [-0.2, -0.15) is 0 Å². The van der Waals surface area contributed by atoms with Crippen molar-refractivity contribution in [2.75, 3.05) is 13.1 Å². The largest absolute Gasteiger partial charge is 0.324 e. The average molecular weight is 351 g/mol. The summed E-state index contributed by atoms with van der Waals surface area (Å²) in [6.07, 6.45) is 1.78. The summed E-state index contributed by atoms with van der Waals surface area (Å²) < 4.78 is 0. The summed E-state index contributed by atoms with van der Waals surface area (Å²) in [7, 11) is 0. The van der Waals surface area contributed by atoms with E-state index >= 15 is 0 Å². The van der Waals surface area contributed by atoms with Crippen molar-refractivity contribution in [3.8, 4) is 0 Å². The number of benzene rings is 2. The molecule has 2 aromatic rings. The van der Waals surface area contributed by atoms with Crippen LogP contribution in [0.3, 0.4) is 0 Å². The second-order valence-electron chi connectivity index (χ2n) is 6.86. The van der Waals surface area contributed by atoms with Crippen LogP contribution in [0.1, 0.15) is 44.7 Å². The molecule has 0 aromatic heterocycles. The maximum absolute atomic E-state index is 13.1. The van der Waals surface area contributed by atoms with Crippen molar-refractivity contribution in [2.24, 2.45) is 0 Å².